The first kappa shape index (κ1) is 16.5. The monoisotopic (exact) mass is 337 g/mol. The molecular weight excluding hydrogens is 318 g/mol. The number of benzene rings is 1. The molecule has 0 bridgehead atoms. The predicted octanol–water partition coefficient (Wildman–Crippen LogP) is 3.77. The number of nitrogens with zero attached hydrogens (tertiary/aromatic N) is 3. The third kappa shape index (κ3) is 3.60. The lowest BCUT2D eigenvalue weighted by Gasteiger charge is -2.33. The first-order valence-corrected chi connectivity index (χ1v) is 9.24. The first-order chi connectivity index (χ1) is 11.7. The van der Waals surface area contributed by atoms with Gasteiger partial charge < -0.3 is 4.90 Å². The number of carbonyl (C=O) groups is 1. The van der Waals surface area contributed by atoms with E-state index in [-0.39, 0.29) is 11.7 Å². The largest absolute Gasteiger partial charge is 0.356 e. The zero-order valence-corrected chi connectivity index (χ0v) is 14.4. The molecule has 0 spiro atoms. The third-order valence-electron chi connectivity index (χ3n) is 4.34. The Balaban J connectivity index is 1.74. The molecule has 1 unspecified atom stereocenters. The summed E-state index contributed by atoms with van der Waals surface area (Å²) in [5, 5.41) is 9.01. The molecule has 4 nitrogen and oxygen atoms in total. The Morgan fingerprint density at radius 3 is 2.79 bits per heavy atom. The van der Waals surface area contributed by atoms with Crippen LogP contribution in [-0.2, 0) is 0 Å². The van der Waals surface area contributed by atoms with Crippen molar-refractivity contribution < 1.29 is 4.79 Å². The molecule has 0 amide bonds. The molecule has 0 N–H and O–H groups in total. The average Bonchev–Trinajstić information content (AvgIpc) is 2.67. The number of anilines is 1. The van der Waals surface area contributed by atoms with Gasteiger partial charge in [-0.1, -0.05) is 18.2 Å². The van der Waals surface area contributed by atoms with Gasteiger partial charge >= 0.3 is 0 Å². The van der Waals surface area contributed by atoms with Crippen molar-refractivity contribution in [1.29, 1.82) is 5.26 Å². The van der Waals surface area contributed by atoms with Gasteiger partial charge in [0, 0.05) is 29.5 Å². The van der Waals surface area contributed by atoms with E-state index in [0.29, 0.717) is 12.2 Å². The minimum Gasteiger partial charge on any atom is -0.356 e. The van der Waals surface area contributed by atoms with E-state index in [2.05, 4.69) is 16.0 Å². The molecule has 0 radical (unpaired) electrons. The molecule has 1 fully saturated rings. The van der Waals surface area contributed by atoms with Crippen LogP contribution in [0.4, 0.5) is 5.82 Å². The maximum Gasteiger partial charge on any atom is 0.167 e. The highest BCUT2D eigenvalue weighted by molar-refractivity contribution is 7.98. The van der Waals surface area contributed by atoms with Crippen molar-refractivity contribution in [3.63, 3.8) is 0 Å². The molecule has 5 heteroatoms. The summed E-state index contributed by atoms with van der Waals surface area (Å²) >= 11 is 1.67. The summed E-state index contributed by atoms with van der Waals surface area (Å²) in [5.74, 6) is 0.958. The molecule has 0 aliphatic carbocycles. The van der Waals surface area contributed by atoms with E-state index in [0.717, 1.165) is 35.7 Å². The van der Waals surface area contributed by atoms with E-state index in [9.17, 15) is 4.79 Å². The quantitative estimate of drug-likeness (QED) is 0.628. The van der Waals surface area contributed by atoms with Gasteiger partial charge in [-0.25, -0.2) is 4.98 Å². The van der Waals surface area contributed by atoms with Crippen molar-refractivity contribution in [2.24, 2.45) is 5.92 Å². The standard InChI is InChI=1S/C19H19N3OS/c1-24-17-9-7-14(8-10-17)19(23)15-4-3-11-22(13-15)18-6-2-5-16(12-20)21-18/h2,5-10,15H,3-4,11,13H2,1H3. The van der Waals surface area contributed by atoms with Crippen molar-refractivity contribution in [1.82, 2.24) is 4.98 Å². The molecule has 1 aliphatic heterocycles. The molecule has 1 atom stereocenters. The van der Waals surface area contributed by atoms with Gasteiger partial charge in [0.25, 0.3) is 0 Å². The van der Waals surface area contributed by atoms with Gasteiger partial charge in [-0.3, -0.25) is 4.79 Å². The maximum atomic E-state index is 12.8. The van der Waals surface area contributed by atoms with Crippen LogP contribution in [0.2, 0.25) is 0 Å². The van der Waals surface area contributed by atoms with E-state index in [1.165, 1.54) is 0 Å². The number of Topliss-reactive ketones (excluding diaryl/α,β-unsaturated/α-hetero) is 1. The van der Waals surface area contributed by atoms with Crippen molar-refractivity contribution in [2.75, 3.05) is 24.2 Å². The number of piperidine rings is 1. The molecule has 24 heavy (non-hydrogen) atoms. The Kier molecular flexibility index (Phi) is 5.17. The number of thioether (sulfide) groups is 1. The fourth-order valence-electron chi connectivity index (χ4n) is 3.05. The lowest BCUT2D eigenvalue weighted by molar-refractivity contribution is 0.0907. The van der Waals surface area contributed by atoms with Gasteiger partial charge in [-0.2, -0.15) is 5.26 Å². The number of carbonyl (C=O) groups excluding carboxylic acids is 1. The van der Waals surface area contributed by atoms with E-state index in [1.807, 2.05) is 42.7 Å². The molecule has 1 saturated heterocycles. The van der Waals surface area contributed by atoms with Gasteiger partial charge in [0.1, 0.15) is 17.6 Å². The van der Waals surface area contributed by atoms with E-state index in [4.69, 9.17) is 5.26 Å². The van der Waals surface area contributed by atoms with E-state index < -0.39 is 0 Å². The van der Waals surface area contributed by atoms with Crippen molar-refractivity contribution >= 4 is 23.4 Å². The van der Waals surface area contributed by atoms with Crippen molar-refractivity contribution in [2.45, 2.75) is 17.7 Å². The van der Waals surface area contributed by atoms with Crippen LogP contribution in [0.1, 0.15) is 28.9 Å². The molecule has 122 valence electrons. The number of rotatable bonds is 4. The van der Waals surface area contributed by atoms with Crippen LogP contribution in [0.15, 0.2) is 47.4 Å². The number of pyridine rings is 1. The van der Waals surface area contributed by atoms with Gasteiger partial charge in [0.05, 0.1) is 0 Å². The SMILES string of the molecule is CSc1ccc(C(=O)C2CCCN(c3cccc(C#N)n3)C2)cc1. The molecular formula is C19H19N3OS. The minimum absolute atomic E-state index is 0.0218. The Bertz CT molecular complexity index is 767. The van der Waals surface area contributed by atoms with Crippen LogP contribution in [0.3, 0.4) is 0 Å². The number of hydrogen-bond donors (Lipinski definition) is 0. The second-order valence-corrected chi connectivity index (χ2v) is 6.75. The van der Waals surface area contributed by atoms with Crippen molar-refractivity contribution in [3.05, 3.63) is 53.7 Å². The first-order valence-electron chi connectivity index (χ1n) is 8.01. The highest BCUT2D eigenvalue weighted by atomic mass is 32.2. The second-order valence-electron chi connectivity index (χ2n) is 5.87. The van der Waals surface area contributed by atoms with Gasteiger partial charge in [0.15, 0.2) is 5.78 Å². The summed E-state index contributed by atoms with van der Waals surface area (Å²) in [4.78, 5) is 20.4. The Morgan fingerprint density at radius 1 is 1.29 bits per heavy atom. The molecule has 0 saturated carbocycles. The van der Waals surface area contributed by atoms with Crippen molar-refractivity contribution in [3.8, 4) is 6.07 Å². The normalized spacial score (nSPS) is 17.3. The zero-order valence-electron chi connectivity index (χ0n) is 13.6. The fourth-order valence-corrected chi connectivity index (χ4v) is 3.46. The number of nitriles is 1. The topological polar surface area (TPSA) is 57.0 Å². The van der Waals surface area contributed by atoms with Crippen LogP contribution < -0.4 is 4.90 Å². The molecule has 2 heterocycles. The summed E-state index contributed by atoms with van der Waals surface area (Å²) in [7, 11) is 0. The summed E-state index contributed by atoms with van der Waals surface area (Å²) in [6, 6.07) is 15.3. The Labute approximate surface area is 146 Å². The lowest BCUT2D eigenvalue weighted by atomic mass is 9.90. The van der Waals surface area contributed by atoms with Gasteiger partial charge in [-0.15, -0.1) is 11.8 Å². The summed E-state index contributed by atoms with van der Waals surface area (Å²) in [5.41, 5.74) is 1.19. The smallest absolute Gasteiger partial charge is 0.167 e. The molecule has 1 aliphatic rings. The zero-order chi connectivity index (χ0) is 16.9. The van der Waals surface area contributed by atoms with E-state index in [1.54, 1.807) is 17.8 Å². The Hall–Kier alpha value is -2.32. The number of aromatic nitrogens is 1. The molecule has 3 rings (SSSR count). The molecule has 1 aromatic carbocycles. The second kappa shape index (κ2) is 7.50. The summed E-state index contributed by atoms with van der Waals surface area (Å²) in [6.45, 7) is 1.53. The van der Waals surface area contributed by atoms with Crippen LogP contribution in [0.5, 0.6) is 0 Å². The lowest BCUT2D eigenvalue weighted by Crippen LogP contribution is -2.39. The minimum atomic E-state index is -0.0218. The summed E-state index contributed by atoms with van der Waals surface area (Å²) in [6.07, 6.45) is 3.88. The fraction of sp³-hybridized carbons (Fsp3) is 0.316. The third-order valence-corrected chi connectivity index (χ3v) is 5.08. The number of hydrogen-bond acceptors (Lipinski definition) is 5. The molecule has 1 aromatic heterocycles. The van der Waals surface area contributed by atoms with Gasteiger partial charge in [0.2, 0.25) is 0 Å². The average molecular weight is 337 g/mol. The Morgan fingerprint density at radius 2 is 2.08 bits per heavy atom. The molecule has 2 aromatic rings. The highest BCUT2D eigenvalue weighted by Crippen LogP contribution is 2.25. The maximum absolute atomic E-state index is 12.8. The highest BCUT2D eigenvalue weighted by Gasteiger charge is 2.27. The summed E-state index contributed by atoms with van der Waals surface area (Å²) < 4.78 is 0. The van der Waals surface area contributed by atoms with Gasteiger partial charge in [-0.05, 0) is 43.4 Å². The van der Waals surface area contributed by atoms with Crippen LogP contribution in [0.25, 0.3) is 0 Å². The van der Waals surface area contributed by atoms with E-state index >= 15 is 0 Å². The van der Waals surface area contributed by atoms with Crippen LogP contribution in [0, 0.1) is 17.2 Å². The van der Waals surface area contributed by atoms with Crippen LogP contribution >= 0.6 is 11.8 Å². The predicted molar refractivity (Wildman–Crippen MR) is 96.4 cm³/mol. The van der Waals surface area contributed by atoms with Crippen LogP contribution in [-0.4, -0.2) is 30.1 Å². The number of ketones is 1.